The predicted octanol–water partition coefficient (Wildman–Crippen LogP) is 1.61. The SMILES string of the molecule is C=C(C(=O)O)c1ccc2c(c1)N(C)CCO2. The highest BCUT2D eigenvalue weighted by atomic mass is 16.5. The number of benzene rings is 1. The number of ether oxygens (including phenoxy) is 1. The van der Waals surface area contributed by atoms with Gasteiger partial charge in [0.15, 0.2) is 0 Å². The minimum atomic E-state index is -1.00. The molecule has 1 aliphatic heterocycles. The Morgan fingerprint density at radius 2 is 2.31 bits per heavy atom. The molecule has 0 spiro atoms. The van der Waals surface area contributed by atoms with Gasteiger partial charge in [-0.05, 0) is 17.7 Å². The molecule has 1 heterocycles. The number of anilines is 1. The summed E-state index contributed by atoms with van der Waals surface area (Å²) in [5.41, 5.74) is 1.62. The van der Waals surface area contributed by atoms with E-state index in [2.05, 4.69) is 6.58 Å². The van der Waals surface area contributed by atoms with Crippen molar-refractivity contribution in [3.05, 3.63) is 30.3 Å². The molecule has 0 atom stereocenters. The van der Waals surface area contributed by atoms with E-state index < -0.39 is 5.97 Å². The zero-order valence-electron chi connectivity index (χ0n) is 9.06. The van der Waals surface area contributed by atoms with E-state index in [4.69, 9.17) is 9.84 Å². The van der Waals surface area contributed by atoms with Gasteiger partial charge in [0.25, 0.3) is 0 Å². The number of rotatable bonds is 2. The van der Waals surface area contributed by atoms with Crippen molar-refractivity contribution in [2.75, 3.05) is 25.1 Å². The second kappa shape index (κ2) is 3.89. The first-order valence-corrected chi connectivity index (χ1v) is 5.00. The molecule has 0 saturated carbocycles. The molecule has 16 heavy (non-hydrogen) atoms. The van der Waals surface area contributed by atoms with Gasteiger partial charge in [0, 0.05) is 7.05 Å². The Balaban J connectivity index is 2.41. The van der Waals surface area contributed by atoms with E-state index >= 15 is 0 Å². The molecule has 0 aromatic heterocycles. The zero-order valence-corrected chi connectivity index (χ0v) is 9.06. The summed E-state index contributed by atoms with van der Waals surface area (Å²) in [6, 6.07) is 5.30. The van der Waals surface area contributed by atoms with Crippen molar-refractivity contribution in [2.45, 2.75) is 0 Å². The molecule has 0 radical (unpaired) electrons. The van der Waals surface area contributed by atoms with Crippen molar-refractivity contribution < 1.29 is 14.6 Å². The highest BCUT2D eigenvalue weighted by molar-refractivity contribution is 6.14. The Hall–Kier alpha value is -1.97. The summed E-state index contributed by atoms with van der Waals surface area (Å²) in [6.45, 7) is 5.00. The summed E-state index contributed by atoms with van der Waals surface area (Å²) in [4.78, 5) is 12.8. The fraction of sp³-hybridized carbons (Fsp3) is 0.250. The van der Waals surface area contributed by atoms with Crippen LogP contribution in [-0.2, 0) is 4.79 Å². The van der Waals surface area contributed by atoms with Crippen LogP contribution in [0.3, 0.4) is 0 Å². The van der Waals surface area contributed by atoms with Gasteiger partial charge in [0.2, 0.25) is 0 Å². The third kappa shape index (κ3) is 1.74. The summed E-state index contributed by atoms with van der Waals surface area (Å²) in [7, 11) is 1.95. The second-order valence-corrected chi connectivity index (χ2v) is 3.74. The Morgan fingerprint density at radius 3 is 3.00 bits per heavy atom. The maximum Gasteiger partial charge on any atom is 0.335 e. The molecule has 2 rings (SSSR count). The lowest BCUT2D eigenvalue weighted by atomic mass is 10.1. The van der Waals surface area contributed by atoms with Crippen LogP contribution in [0.4, 0.5) is 5.69 Å². The lowest BCUT2D eigenvalue weighted by Crippen LogP contribution is -2.28. The van der Waals surface area contributed by atoms with Crippen molar-refractivity contribution in [3.8, 4) is 5.75 Å². The first-order valence-electron chi connectivity index (χ1n) is 5.00. The highest BCUT2D eigenvalue weighted by Crippen LogP contribution is 2.33. The molecular weight excluding hydrogens is 206 g/mol. The number of carbonyl (C=O) groups is 1. The van der Waals surface area contributed by atoms with Crippen LogP contribution in [0.5, 0.6) is 5.75 Å². The molecule has 0 saturated heterocycles. The Bertz CT molecular complexity index is 454. The van der Waals surface area contributed by atoms with E-state index in [0.717, 1.165) is 18.0 Å². The number of hydrogen-bond donors (Lipinski definition) is 1. The quantitative estimate of drug-likeness (QED) is 0.768. The van der Waals surface area contributed by atoms with Crippen LogP contribution < -0.4 is 9.64 Å². The van der Waals surface area contributed by atoms with Crippen LogP contribution in [0.15, 0.2) is 24.8 Å². The van der Waals surface area contributed by atoms with Crippen LogP contribution in [0, 0.1) is 0 Å². The molecule has 0 fully saturated rings. The van der Waals surface area contributed by atoms with E-state index in [1.807, 2.05) is 11.9 Å². The molecule has 1 aromatic carbocycles. The molecular formula is C12H13NO3. The topological polar surface area (TPSA) is 49.8 Å². The third-order valence-corrected chi connectivity index (χ3v) is 2.66. The van der Waals surface area contributed by atoms with Gasteiger partial charge in [-0.1, -0.05) is 12.6 Å². The van der Waals surface area contributed by atoms with Crippen molar-refractivity contribution in [3.63, 3.8) is 0 Å². The molecule has 0 amide bonds. The lowest BCUT2D eigenvalue weighted by Gasteiger charge is -2.28. The van der Waals surface area contributed by atoms with Crippen LogP contribution in [0.1, 0.15) is 5.56 Å². The van der Waals surface area contributed by atoms with Gasteiger partial charge in [-0.3, -0.25) is 0 Å². The van der Waals surface area contributed by atoms with Crippen LogP contribution in [0.25, 0.3) is 5.57 Å². The summed E-state index contributed by atoms with van der Waals surface area (Å²) >= 11 is 0. The second-order valence-electron chi connectivity index (χ2n) is 3.74. The molecule has 1 aliphatic rings. The fourth-order valence-corrected chi connectivity index (χ4v) is 1.66. The summed E-state index contributed by atoms with van der Waals surface area (Å²) in [5, 5.41) is 8.86. The van der Waals surface area contributed by atoms with E-state index in [-0.39, 0.29) is 5.57 Å². The molecule has 4 nitrogen and oxygen atoms in total. The number of carboxylic acids is 1. The third-order valence-electron chi connectivity index (χ3n) is 2.66. The first-order chi connectivity index (χ1) is 7.59. The van der Waals surface area contributed by atoms with Crippen LogP contribution >= 0.6 is 0 Å². The largest absolute Gasteiger partial charge is 0.490 e. The van der Waals surface area contributed by atoms with Gasteiger partial charge < -0.3 is 14.7 Å². The van der Waals surface area contributed by atoms with Gasteiger partial charge in [-0.2, -0.15) is 0 Å². The van der Waals surface area contributed by atoms with Crippen molar-refractivity contribution in [1.29, 1.82) is 0 Å². The smallest absolute Gasteiger partial charge is 0.335 e. The molecule has 0 bridgehead atoms. The molecule has 4 heteroatoms. The Morgan fingerprint density at radius 1 is 1.56 bits per heavy atom. The average molecular weight is 219 g/mol. The Labute approximate surface area is 93.8 Å². The van der Waals surface area contributed by atoms with E-state index in [1.165, 1.54) is 0 Å². The van der Waals surface area contributed by atoms with E-state index in [9.17, 15) is 4.79 Å². The zero-order chi connectivity index (χ0) is 11.7. The average Bonchev–Trinajstić information content (AvgIpc) is 2.28. The van der Waals surface area contributed by atoms with Crippen molar-refractivity contribution >= 4 is 17.2 Å². The minimum absolute atomic E-state index is 0.0989. The maximum atomic E-state index is 10.8. The molecule has 84 valence electrons. The van der Waals surface area contributed by atoms with Crippen LogP contribution in [0.2, 0.25) is 0 Å². The van der Waals surface area contributed by atoms with Gasteiger partial charge in [-0.25, -0.2) is 4.79 Å². The maximum absolute atomic E-state index is 10.8. The monoisotopic (exact) mass is 219 g/mol. The molecule has 0 unspecified atom stereocenters. The van der Waals surface area contributed by atoms with Gasteiger partial charge in [0.05, 0.1) is 17.8 Å². The van der Waals surface area contributed by atoms with E-state index in [0.29, 0.717) is 12.2 Å². The summed E-state index contributed by atoms with van der Waals surface area (Å²) < 4.78 is 5.47. The summed E-state index contributed by atoms with van der Waals surface area (Å²) in [5.74, 6) is -0.213. The van der Waals surface area contributed by atoms with E-state index in [1.54, 1.807) is 18.2 Å². The first kappa shape index (κ1) is 10.5. The van der Waals surface area contributed by atoms with Crippen molar-refractivity contribution in [1.82, 2.24) is 0 Å². The van der Waals surface area contributed by atoms with Gasteiger partial charge in [0.1, 0.15) is 12.4 Å². The number of aliphatic carboxylic acids is 1. The number of nitrogens with zero attached hydrogens (tertiary/aromatic N) is 1. The highest BCUT2D eigenvalue weighted by Gasteiger charge is 2.17. The fourth-order valence-electron chi connectivity index (χ4n) is 1.66. The summed E-state index contributed by atoms with van der Waals surface area (Å²) in [6.07, 6.45) is 0. The van der Waals surface area contributed by atoms with Gasteiger partial charge in [-0.15, -0.1) is 0 Å². The number of fused-ring (bicyclic) bond motifs is 1. The van der Waals surface area contributed by atoms with Gasteiger partial charge >= 0.3 is 5.97 Å². The van der Waals surface area contributed by atoms with Crippen LogP contribution in [-0.4, -0.2) is 31.3 Å². The predicted molar refractivity (Wildman–Crippen MR) is 61.9 cm³/mol. The number of carboxylic acid groups (broad SMARTS) is 1. The van der Waals surface area contributed by atoms with Crippen molar-refractivity contribution in [2.24, 2.45) is 0 Å². The molecule has 1 aromatic rings. The number of likely N-dealkylation sites (N-methyl/N-ethyl adjacent to an activating group) is 1. The standard InChI is InChI=1S/C12H13NO3/c1-8(12(14)15)9-3-4-11-10(7-9)13(2)5-6-16-11/h3-4,7H,1,5-6H2,2H3,(H,14,15). The molecule has 1 N–H and O–H groups in total. The molecule has 0 aliphatic carbocycles. The Kier molecular flexibility index (Phi) is 2.56. The lowest BCUT2D eigenvalue weighted by molar-refractivity contribution is -0.130. The minimum Gasteiger partial charge on any atom is -0.490 e. The number of hydrogen-bond acceptors (Lipinski definition) is 3. The normalized spacial score (nSPS) is 13.9.